The minimum Gasteiger partial charge on any atom is -0.324 e. The zero-order chi connectivity index (χ0) is 26.5. The Labute approximate surface area is 227 Å². The fourth-order valence-electron chi connectivity index (χ4n) is 4.42. The Bertz CT molecular complexity index is 1590. The molecular formula is C33H28N2O2S. The topological polar surface area (TPSA) is 58.2 Å². The van der Waals surface area contributed by atoms with Crippen LogP contribution in [-0.4, -0.2) is 11.8 Å². The fraction of sp³-hybridized carbons (Fsp3) is 0.0909. The van der Waals surface area contributed by atoms with Crippen molar-refractivity contribution < 1.29 is 9.59 Å². The highest BCUT2D eigenvalue weighted by Gasteiger charge is 2.23. The summed E-state index contributed by atoms with van der Waals surface area (Å²) in [6, 6.07) is 37.0. The van der Waals surface area contributed by atoms with Crippen LogP contribution in [0.1, 0.15) is 32.3 Å². The van der Waals surface area contributed by atoms with Crippen molar-refractivity contribution in [3.05, 3.63) is 138 Å². The standard InChI is InChI=1S/C33H28N2O2S/c1-22-10-8-11-23(2)30(22)35-33(37)31(25-13-4-3-5-14-25)38-29-17-9-16-28(21-29)34-32(36)27-19-18-24-12-6-7-15-26(24)20-27/h3-21,31H,1-2H3,(H,34,36)(H,35,37). The van der Waals surface area contributed by atoms with Gasteiger partial charge in [-0.3, -0.25) is 9.59 Å². The number of hydrogen-bond donors (Lipinski definition) is 2. The predicted molar refractivity (Wildman–Crippen MR) is 158 cm³/mol. The van der Waals surface area contributed by atoms with Gasteiger partial charge < -0.3 is 10.6 Å². The summed E-state index contributed by atoms with van der Waals surface area (Å²) in [5.41, 5.74) is 5.07. The average Bonchev–Trinajstić information content (AvgIpc) is 2.94. The maximum Gasteiger partial charge on any atom is 0.255 e. The summed E-state index contributed by atoms with van der Waals surface area (Å²) in [7, 11) is 0. The molecule has 0 saturated carbocycles. The Morgan fingerprint density at radius 3 is 2.11 bits per heavy atom. The van der Waals surface area contributed by atoms with Gasteiger partial charge in [0.15, 0.2) is 0 Å². The van der Waals surface area contributed by atoms with Gasteiger partial charge in [0.25, 0.3) is 5.91 Å². The van der Waals surface area contributed by atoms with Crippen molar-refractivity contribution in [1.82, 2.24) is 0 Å². The van der Waals surface area contributed by atoms with Crippen LogP contribution in [0.3, 0.4) is 0 Å². The van der Waals surface area contributed by atoms with Crippen LogP contribution in [0.2, 0.25) is 0 Å². The number of hydrogen-bond acceptors (Lipinski definition) is 3. The van der Waals surface area contributed by atoms with E-state index in [-0.39, 0.29) is 11.8 Å². The average molecular weight is 517 g/mol. The Hall–Kier alpha value is -4.35. The highest BCUT2D eigenvalue weighted by atomic mass is 32.2. The van der Waals surface area contributed by atoms with Crippen LogP contribution in [0.15, 0.2) is 120 Å². The minimum absolute atomic E-state index is 0.0933. The SMILES string of the molecule is Cc1cccc(C)c1NC(=O)C(Sc1cccc(NC(=O)c2ccc3ccccc3c2)c1)c1ccccc1. The van der Waals surface area contributed by atoms with Crippen LogP contribution in [0.5, 0.6) is 0 Å². The van der Waals surface area contributed by atoms with E-state index in [9.17, 15) is 9.59 Å². The van der Waals surface area contributed by atoms with Crippen molar-refractivity contribution in [1.29, 1.82) is 0 Å². The summed E-state index contributed by atoms with van der Waals surface area (Å²) in [6.07, 6.45) is 0. The van der Waals surface area contributed by atoms with E-state index in [0.717, 1.165) is 38.0 Å². The van der Waals surface area contributed by atoms with Gasteiger partial charge in [0, 0.05) is 21.8 Å². The molecule has 0 radical (unpaired) electrons. The second kappa shape index (κ2) is 11.4. The van der Waals surface area contributed by atoms with Gasteiger partial charge in [0.2, 0.25) is 5.91 Å². The van der Waals surface area contributed by atoms with Crippen LogP contribution in [0.4, 0.5) is 11.4 Å². The molecule has 2 amide bonds. The van der Waals surface area contributed by atoms with Crippen molar-refractivity contribution in [2.75, 3.05) is 10.6 Å². The summed E-state index contributed by atoms with van der Waals surface area (Å²) >= 11 is 1.46. The molecule has 0 aliphatic carbocycles. The molecule has 0 heterocycles. The lowest BCUT2D eigenvalue weighted by atomic mass is 10.1. The molecule has 0 aliphatic rings. The Kier molecular flexibility index (Phi) is 7.57. The zero-order valence-corrected chi connectivity index (χ0v) is 22.1. The van der Waals surface area contributed by atoms with Gasteiger partial charge in [-0.2, -0.15) is 0 Å². The molecule has 5 aromatic rings. The zero-order valence-electron chi connectivity index (χ0n) is 21.3. The first kappa shape index (κ1) is 25.3. The molecule has 1 unspecified atom stereocenters. The second-order valence-corrected chi connectivity index (χ2v) is 10.4. The van der Waals surface area contributed by atoms with Crippen molar-refractivity contribution >= 4 is 45.7 Å². The number of para-hydroxylation sites is 1. The van der Waals surface area contributed by atoms with E-state index in [0.29, 0.717) is 11.3 Å². The fourth-order valence-corrected chi connectivity index (χ4v) is 5.50. The third-order valence-electron chi connectivity index (χ3n) is 6.43. The molecule has 0 bridgehead atoms. The van der Waals surface area contributed by atoms with E-state index in [2.05, 4.69) is 10.6 Å². The maximum absolute atomic E-state index is 13.6. The van der Waals surface area contributed by atoms with E-state index in [1.807, 2.05) is 129 Å². The molecule has 0 saturated heterocycles. The molecule has 4 nitrogen and oxygen atoms in total. The second-order valence-electron chi connectivity index (χ2n) is 9.21. The normalized spacial score (nSPS) is 11.6. The number of aryl methyl sites for hydroxylation is 2. The maximum atomic E-state index is 13.6. The van der Waals surface area contributed by atoms with E-state index < -0.39 is 5.25 Å². The Morgan fingerprint density at radius 1 is 0.658 bits per heavy atom. The molecule has 0 fully saturated rings. The number of thioether (sulfide) groups is 1. The van der Waals surface area contributed by atoms with Crippen LogP contribution in [0.25, 0.3) is 10.8 Å². The lowest BCUT2D eigenvalue weighted by Gasteiger charge is -2.19. The molecule has 1 atom stereocenters. The Balaban J connectivity index is 1.37. The van der Waals surface area contributed by atoms with E-state index >= 15 is 0 Å². The first-order chi connectivity index (χ1) is 18.5. The number of carbonyl (C=O) groups excluding carboxylic acids is 2. The smallest absolute Gasteiger partial charge is 0.255 e. The van der Waals surface area contributed by atoms with Crippen LogP contribution >= 0.6 is 11.8 Å². The molecule has 5 rings (SSSR count). The van der Waals surface area contributed by atoms with E-state index in [1.54, 1.807) is 0 Å². The summed E-state index contributed by atoms with van der Waals surface area (Å²) in [5, 5.41) is 7.80. The third-order valence-corrected chi connectivity index (χ3v) is 7.68. The summed E-state index contributed by atoms with van der Waals surface area (Å²) < 4.78 is 0. The molecule has 2 N–H and O–H groups in total. The van der Waals surface area contributed by atoms with Crippen molar-refractivity contribution in [2.45, 2.75) is 24.0 Å². The van der Waals surface area contributed by atoms with E-state index in [1.165, 1.54) is 11.8 Å². The summed E-state index contributed by atoms with van der Waals surface area (Å²) in [6.45, 7) is 3.99. The first-order valence-electron chi connectivity index (χ1n) is 12.5. The first-order valence-corrected chi connectivity index (χ1v) is 13.3. The molecule has 0 spiro atoms. The number of amides is 2. The molecule has 188 valence electrons. The highest BCUT2D eigenvalue weighted by molar-refractivity contribution is 8.00. The lowest BCUT2D eigenvalue weighted by Crippen LogP contribution is -2.20. The number of fused-ring (bicyclic) bond motifs is 1. The number of nitrogens with one attached hydrogen (secondary N) is 2. The largest absolute Gasteiger partial charge is 0.324 e. The summed E-state index contributed by atoms with van der Waals surface area (Å²) in [4.78, 5) is 27.5. The molecule has 38 heavy (non-hydrogen) atoms. The van der Waals surface area contributed by atoms with Crippen LogP contribution in [-0.2, 0) is 4.79 Å². The van der Waals surface area contributed by atoms with Gasteiger partial charge in [0.05, 0.1) is 0 Å². The molecular weight excluding hydrogens is 488 g/mol. The molecule has 5 heteroatoms. The van der Waals surface area contributed by atoms with Gasteiger partial charge >= 0.3 is 0 Å². The molecule has 5 aromatic carbocycles. The molecule has 0 aromatic heterocycles. The number of benzene rings is 5. The van der Waals surface area contributed by atoms with Crippen LogP contribution in [0, 0.1) is 13.8 Å². The quantitative estimate of drug-likeness (QED) is 0.214. The number of rotatable bonds is 7. The van der Waals surface area contributed by atoms with Crippen molar-refractivity contribution in [3.63, 3.8) is 0 Å². The van der Waals surface area contributed by atoms with Gasteiger partial charge in [-0.25, -0.2) is 0 Å². The third kappa shape index (κ3) is 5.79. The van der Waals surface area contributed by atoms with Gasteiger partial charge in [-0.15, -0.1) is 11.8 Å². The Morgan fingerprint density at radius 2 is 1.34 bits per heavy atom. The van der Waals surface area contributed by atoms with Crippen LogP contribution < -0.4 is 10.6 Å². The highest BCUT2D eigenvalue weighted by Crippen LogP contribution is 2.37. The lowest BCUT2D eigenvalue weighted by molar-refractivity contribution is -0.115. The van der Waals surface area contributed by atoms with Gasteiger partial charge in [-0.05, 0) is 71.6 Å². The number of carbonyl (C=O) groups is 2. The van der Waals surface area contributed by atoms with E-state index in [4.69, 9.17) is 0 Å². The monoisotopic (exact) mass is 516 g/mol. The van der Waals surface area contributed by atoms with Gasteiger partial charge in [-0.1, -0.05) is 84.9 Å². The van der Waals surface area contributed by atoms with Gasteiger partial charge in [0.1, 0.15) is 5.25 Å². The minimum atomic E-state index is -0.471. The number of anilines is 2. The summed E-state index contributed by atoms with van der Waals surface area (Å²) in [5.74, 6) is -0.269. The van der Waals surface area contributed by atoms with Crippen molar-refractivity contribution in [2.24, 2.45) is 0 Å². The van der Waals surface area contributed by atoms with Crippen molar-refractivity contribution in [3.8, 4) is 0 Å². The molecule has 0 aliphatic heterocycles. The predicted octanol–water partition coefficient (Wildman–Crippen LogP) is 8.18.